The highest BCUT2D eigenvalue weighted by atomic mass is 16.5. The Morgan fingerprint density at radius 1 is 1.44 bits per heavy atom. The summed E-state index contributed by atoms with van der Waals surface area (Å²) in [5, 5.41) is 0. The van der Waals surface area contributed by atoms with Crippen molar-refractivity contribution in [1.82, 2.24) is 4.90 Å². The monoisotopic (exact) mass is 253 g/mol. The minimum Gasteiger partial charge on any atom is -0.469 e. The standard InChI is InChI=1S/C13H19NO4/c1-10(2)14(9-13(16)17-3)12(15)7-6-11-5-4-8-18-11/h4-5,8,10H,6-7,9H2,1-3H3. The highest BCUT2D eigenvalue weighted by Gasteiger charge is 2.20. The van der Waals surface area contributed by atoms with Crippen molar-refractivity contribution < 1.29 is 18.7 Å². The van der Waals surface area contributed by atoms with Crippen LogP contribution in [-0.2, 0) is 20.7 Å². The van der Waals surface area contributed by atoms with Gasteiger partial charge < -0.3 is 14.1 Å². The molecule has 0 N–H and O–H groups in total. The van der Waals surface area contributed by atoms with Gasteiger partial charge in [0, 0.05) is 18.9 Å². The predicted octanol–water partition coefficient (Wildman–Crippen LogP) is 1.62. The molecule has 1 heterocycles. The summed E-state index contributed by atoms with van der Waals surface area (Å²) in [5.41, 5.74) is 0. The smallest absolute Gasteiger partial charge is 0.325 e. The van der Waals surface area contributed by atoms with E-state index in [9.17, 15) is 9.59 Å². The lowest BCUT2D eigenvalue weighted by Crippen LogP contribution is -2.41. The lowest BCUT2D eigenvalue weighted by molar-refractivity contribution is -0.148. The van der Waals surface area contributed by atoms with Crippen molar-refractivity contribution in [2.75, 3.05) is 13.7 Å². The number of hydrogen-bond donors (Lipinski definition) is 0. The van der Waals surface area contributed by atoms with Gasteiger partial charge in [-0.05, 0) is 26.0 Å². The quantitative estimate of drug-likeness (QED) is 0.723. The van der Waals surface area contributed by atoms with Gasteiger partial charge in [-0.3, -0.25) is 9.59 Å². The van der Waals surface area contributed by atoms with E-state index in [0.717, 1.165) is 5.76 Å². The average Bonchev–Trinajstić information content (AvgIpc) is 2.85. The zero-order valence-electron chi connectivity index (χ0n) is 11.0. The fraction of sp³-hybridized carbons (Fsp3) is 0.538. The molecule has 0 radical (unpaired) electrons. The second-order valence-electron chi connectivity index (χ2n) is 4.27. The van der Waals surface area contributed by atoms with Crippen molar-refractivity contribution in [1.29, 1.82) is 0 Å². The Balaban J connectivity index is 2.51. The number of hydrogen-bond acceptors (Lipinski definition) is 4. The minimum absolute atomic E-state index is 0.00878. The Bertz CT molecular complexity index is 384. The van der Waals surface area contributed by atoms with E-state index < -0.39 is 5.97 Å². The number of amides is 1. The third-order valence-electron chi connectivity index (χ3n) is 2.64. The second-order valence-corrected chi connectivity index (χ2v) is 4.27. The van der Waals surface area contributed by atoms with E-state index in [1.807, 2.05) is 19.9 Å². The number of aryl methyl sites for hydroxylation is 1. The number of furan rings is 1. The molecule has 0 aliphatic carbocycles. The summed E-state index contributed by atoms with van der Waals surface area (Å²) in [4.78, 5) is 24.7. The predicted molar refractivity (Wildman–Crippen MR) is 65.9 cm³/mol. The lowest BCUT2D eigenvalue weighted by atomic mass is 10.2. The van der Waals surface area contributed by atoms with E-state index in [1.54, 1.807) is 12.3 Å². The molecule has 0 atom stereocenters. The molecule has 0 bridgehead atoms. The molecule has 1 aromatic heterocycles. The molecule has 0 unspecified atom stereocenters. The number of ether oxygens (including phenoxy) is 1. The van der Waals surface area contributed by atoms with Crippen LogP contribution in [0.3, 0.4) is 0 Å². The van der Waals surface area contributed by atoms with Crippen molar-refractivity contribution in [2.45, 2.75) is 32.7 Å². The molecule has 1 amide bonds. The molecule has 18 heavy (non-hydrogen) atoms. The van der Waals surface area contributed by atoms with Gasteiger partial charge in [-0.2, -0.15) is 0 Å². The summed E-state index contributed by atoms with van der Waals surface area (Å²) in [6.45, 7) is 3.73. The Morgan fingerprint density at radius 2 is 2.17 bits per heavy atom. The Hall–Kier alpha value is -1.78. The molecular formula is C13H19NO4. The van der Waals surface area contributed by atoms with Crippen LogP contribution < -0.4 is 0 Å². The van der Waals surface area contributed by atoms with Gasteiger partial charge in [-0.25, -0.2) is 0 Å². The number of esters is 1. The molecule has 0 saturated carbocycles. The van der Waals surface area contributed by atoms with E-state index >= 15 is 0 Å². The minimum atomic E-state index is -0.407. The Morgan fingerprint density at radius 3 is 2.67 bits per heavy atom. The molecule has 0 aromatic carbocycles. The number of nitrogens with zero attached hydrogens (tertiary/aromatic N) is 1. The van der Waals surface area contributed by atoms with Crippen LogP contribution in [0.4, 0.5) is 0 Å². The lowest BCUT2D eigenvalue weighted by Gasteiger charge is -2.25. The van der Waals surface area contributed by atoms with E-state index in [4.69, 9.17) is 4.42 Å². The molecule has 1 rings (SSSR count). The molecule has 0 saturated heterocycles. The molecule has 1 aromatic rings. The van der Waals surface area contributed by atoms with Crippen LogP contribution in [-0.4, -0.2) is 36.5 Å². The first-order valence-electron chi connectivity index (χ1n) is 5.93. The molecule has 100 valence electrons. The summed E-state index contributed by atoms with van der Waals surface area (Å²) in [6, 6.07) is 3.58. The van der Waals surface area contributed by atoms with Crippen molar-refractivity contribution in [2.24, 2.45) is 0 Å². The topological polar surface area (TPSA) is 59.8 Å². The molecule has 0 aliphatic heterocycles. The Kier molecular flexibility index (Phi) is 5.42. The van der Waals surface area contributed by atoms with Gasteiger partial charge in [0.15, 0.2) is 0 Å². The first-order chi connectivity index (χ1) is 8.54. The van der Waals surface area contributed by atoms with E-state index in [0.29, 0.717) is 12.8 Å². The summed E-state index contributed by atoms with van der Waals surface area (Å²) in [6.07, 6.45) is 2.44. The van der Waals surface area contributed by atoms with Gasteiger partial charge >= 0.3 is 5.97 Å². The number of rotatable bonds is 6. The number of methoxy groups -OCH3 is 1. The van der Waals surface area contributed by atoms with Crippen LogP contribution in [0.1, 0.15) is 26.0 Å². The maximum atomic E-state index is 12.0. The van der Waals surface area contributed by atoms with Crippen LogP contribution in [0.15, 0.2) is 22.8 Å². The largest absolute Gasteiger partial charge is 0.469 e. The maximum Gasteiger partial charge on any atom is 0.325 e. The summed E-state index contributed by atoms with van der Waals surface area (Å²) in [7, 11) is 1.31. The zero-order valence-corrected chi connectivity index (χ0v) is 11.0. The van der Waals surface area contributed by atoms with Crippen molar-refractivity contribution in [3.8, 4) is 0 Å². The van der Waals surface area contributed by atoms with E-state index in [1.165, 1.54) is 12.0 Å². The molecule has 0 spiro atoms. The fourth-order valence-electron chi connectivity index (χ4n) is 1.59. The van der Waals surface area contributed by atoms with Crippen molar-refractivity contribution >= 4 is 11.9 Å². The normalized spacial score (nSPS) is 10.4. The summed E-state index contributed by atoms with van der Waals surface area (Å²) < 4.78 is 9.74. The first kappa shape index (κ1) is 14.3. The van der Waals surface area contributed by atoms with Gasteiger partial charge in [0.05, 0.1) is 13.4 Å². The van der Waals surface area contributed by atoms with Crippen molar-refractivity contribution in [3.05, 3.63) is 24.2 Å². The summed E-state index contributed by atoms with van der Waals surface area (Å²) >= 11 is 0. The van der Waals surface area contributed by atoms with Gasteiger partial charge in [-0.15, -0.1) is 0 Å². The van der Waals surface area contributed by atoms with Gasteiger partial charge in [0.2, 0.25) is 5.91 Å². The molecule has 5 heteroatoms. The number of carbonyl (C=O) groups is 2. The maximum absolute atomic E-state index is 12.0. The zero-order chi connectivity index (χ0) is 13.5. The van der Waals surface area contributed by atoms with Gasteiger partial charge in [0.25, 0.3) is 0 Å². The highest BCUT2D eigenvalue weighted by molar-refractivity contribution is 5.82. The van der Waals surface area contributed by atoms with Crippen LogP contribution in [0.5, 0.6) is 0 Å². The molecule has 0 aliphatic rings. The van der Waals surface area contributed by atoms with E-state index in [-0.39, 0.29) is 18.5 Å². The molecule has 5 nitrogen and oxygen atoms in total. The third kappa shape index (κ3) is 4.24. The van der Waals surface area contributed by atoms with Crippen LogP contribution >= 0.6 is 0 Å². The van der Waals surface area contributed by atoms with Crippen LogP contribution in [0.25, 0.3) is 0 Å². The molecule has 0 fully saturated rings. The third-order valence-corrected chi connectivity index (χ3v) is 2.64. The van der Waals surface area contributed by atoms with E-state index in [2.05, 4.69) is 4.74 Å². The fourth-order valence-corrected chi connectivity index (χ4v) is 1.59. The average molecular weight is 253 g/mol. The van der Waals surface area contributed by atoms with Crippen LogP contribution in [0, 0.1) is 0 Å². The highest BCUT2D eigenvalue weighted by Crippen LogP contribution is 2.08. The number of carbonyl (C=O) groups excluding carboxylic acids is 2. The molecular weight excluding hydrogens is 234 g/mol. The van der Waals surface area contributed by atoms with Gasteiger partial charge in [0.1, 0.15) is 12.3 Å². The van der Waals surface area contributed by atoms with Gasteiger partial charge in [-0.1, -0.05) is 0 Å². The SMILES string of the molecule is COC(=O)CN(C(=O)CCc1ccco1)C(C)C. The Labute approximate surface area is 107 Å². The van der Waals surface area contributed by atoms with Crippen LogP contribution in [0.2, 0.25) is 0 Å². The summed E-state index contributed by atoms with van der Waals surface area (Å²) in [5.74, 6) is 0.284. The van der Waals surface area contributed by atoms with Crippen molar-refractivity contribution in [3.63, 3.8) is 0 Å². The second kappa shape index (κ2) is 6.83. The first-order valence-corrected chi connectivity index (χ1v) is 5.93.